The highest BCUT2D eigenvalue weighted by Gasteiger charge is 2.42. The van der Waals surface area contributed by atoms with Crippen LogP contribution in [0.25, 0.3) is 0 Å². The summed E-state index contributed by atoms with van der Waals surface area (Å²) in [5.74, 6) is 0.795. The summed E-state index contributed by atoms with van der Waals surface area (Å²) in [6.07, 6.45) is 1.15. The van der Waals surface area contributed by atoms with Crippen molar-refractivity contribution in [2.75, 3.05) is 23.9 Å². The first-order valence-electron chi connectivity index (χ1n) is 12.1. The summed E-state index contributed by atoms with van der Waals surface area (Å²) < 4.78 is 11.4. The van der Waals surface area contributed by atoms with E-state index in [4.69, 9.17) is 9.47 Å². The van der Waals surface area contributed by atoms with Crippen LogP contribution in [0.5, 0.6) is 11.5 Å². The predicted molar refractivity (Wildman–Crippen MR) is 140 cm³/mol. The lowest BCUT2D eigenvalue weighted by Gasteiger charge is -2.38. The van der Waals surface area contributed by atoms with Gasteiger partial charge in [-0.15, -0.1) is 0 Å². The molecule has 6 heteroatoms. The van der Waals surface area contributed by atoms with Gasteiger partial charge in [0.05, 0.1) is 24.5 Å². The lowest BCUT2D eigenvalue weighted by Crippen LogP contribution is -2.39. The molecule has 0 saturated carbocycles. The molecule has 6 nitrogen and oxygen atoms in total. The van der Waals surface area contributed by atoms with Crippen LogP contribution >= 0.6 is 0 Å². The summed E-state index contributed by atoms with van der Waals surface area (Å²) >= 11 is 0. The Kier molecular flexibility index (Phi) is 6.27. The Morgan fingerprint density at radius 3 is 2.44 bits per heavy atom. The minimum Gasteiger partial charge on any atom is -0.496 e. The molecule has 3 aromatic carbocycles. The van der Waals surface area contributed by atoms with Gasteiger partial charge in [-0.1, -0.05) is 62.4 Å². The number of fused-ring (bicyclic) bond motifs is 1. The first kappa shape index (κ1) is 23.7. The third-order valence-corrected chi connectivity index (χ3v) is 6.71. The fourth-order valence-electron chi connectivity index (χ4n) is 5.23. The van der Waals surface area contributed by atoms with Gasteiger partial charge < -0.3 is 19.7 Å². The zero-order valence-corrected chi connectivity index (χ0v) is 20.8. The molecule has 1 atom stereocenters. The molecule has 0 bridgehead atoms. The highest BCUT2D eigenvalue weighted by Crippen LogP contribution is 2.49. The maximum atomic E-state index is 13.8. The first-order valence-corrected chi connectivity index (χ1v) is 12.1. The third-order valence-electron chi connectivity index (χ3n) is 6.71. The summed E-state index contributed by atoms with van der Waals surface area (Å²) in [7, 11) is 1.62. The summed E-state index contributed by atoms with van der Waals surface area (Å²) in [6.45, 7) is 4.17. The van der Waals surface area contributed by atoms with E-state index in [2.05, 4.69) is 19.2 Å². The van der Waals surface area contributed by atoms with Gasteiger partial charge >= 0.3 is 5.97 Å². The normalized spacial score (nSPS) is 18.5. The summed E-state index contributed by atoms with van der Waals surface area (Å²) in [5, 5.41) is 3.56. The van der Waals surface area contributed by atoms with Crippen molar-refractivity contribution in [3.63, 3.8) is 0 Å². The van der Waals surface area contributed by atoms with E-state index in [1.165, 1.54) is 0 Å². The SMILES string of the molecule is COc1ccccc1C1C2=C(CC(C)(C)CC2=O)Nc2ccccc2N1CC(=O)Oc1ccccc1. The Hall–Kier alpha value is -4.06. The molecule has 0 saturated heterocycles. The molecule has 36 heavy (non-hydrogen) atoms. The van der Waals surface area contributed by atoms with Crippen molar-refractivity contribution in [3.05, 3.63) is 95.7 Å². The van der Waals surface area contributed by atoms with E-state index in [0.717, 1.165) is 29.1 Å². The topological polar surface area (TPSA) is 67.9 Å². The van der Waals surface area contributed by atoms with E-state index < -0.39 is 12.0 Å². The molecule has 1 heterocycles. The number of nitrogens with zero attached hydrogens (tertiary/aromatic N) is 1. The van der Waals surface area contributed by atoms with Gasteiger partial charge in [-0.25, -0.2) is 4.79 Å². The molecule has 5 rings (SSSR count). The van der Waals surface area contributed by atoms with Gasteiger partial charge in [0.1, 0.15) is 18.0 Å². The van der Waals surface area contributed by atoms with E-state index in [1.54, 1.807) is 19.2 Å². The number of benzene rings is 3. The number of methoxy groups -OCH3 is 1. The number of hydrogen-bond donors (Lipinski definition) is 1. The number of anilines is 2. The van der Waals surface area contributed by atoms with Crippen LogP contribution < -0.4 is 19.7 Å². The van der Waals surface area contributed by atoms with Crippen molar-refractivity contribution in [3.8, 4) is 11.5 Å². The number of Topliss-reactive ketones (excluding diaryl/α,β-unsaturated/α-hetero) is 1. The number of carbonyl (C=O) groups excluding carboxylic acids is 2. The zero-order valence-electron chi connectivity index (χ0n) is 20.8. The Bertz CT molecular complexity index is 1330. The maximum Gasteiger partial charge on any atom is 0.330 e. The number of ketones is 1. The second kappa shape index (κ2) is 9.53. The van der Waals surface area contributed by atoms with Crippen LogP contribution in [-0.2, 0) is 9.59 Å². The highest BCUT2D eigenvalue weighted by molar-refractivity contribution is 6.02. The number of nitrogens with one attached hydrogen (secondary N) is 1. The number of esters is 1. The van der Waals surface area contributed by atoms with Crippen molar-refractivity contribution < 1.29 is 19.1 Å². The van der Waals surface area contributed by atoms with Crippen molar-refractivity contribution in [1.82, 2.24) is 0 Å². The second-order valence-corrected chi connectivity index (χ2v) is 10.0. The second-order valence-electron chi connectivity index (χ2n) is 10.0. The van der Waals surface area contributed by atoms with Crippen LogP contribution in [0.3, 0.4) is 0 Å². The number of rotatable bonds is 5. The predicted octanol–water partition coefficient (Wildman–Crippen LogP) is 5.92. The Morgan fingerprint density at radius 1 is 0.972 bits per heavy atom. The molecular weight excluding hydrogens is 452 g/mol. The summed E-state index contributed by atoms with van der Waals surface area (Å²) in [4.78, 5) is 29.0. The van der Waals surface area contributed by atoms with Gasteiger partial charge in [-0.2, -0.15) is 0 Å². The molecule has 0 radical (unpaired) electrons. The van der Waals surface area contributed by atoms with Crippen molar-refractivity contribution in [2.45, 2.75) is 32.7 Å². The largest absolute Gasteiger partial charge is 0.496 e. The van der Waals surface area contributed by atoms with Crippen LogP contribution in [0.2, 0.25) is 0 Å². The van der Waals surface area contributed by atoms with Crippen LogP contribution in [0.15, 0.2) is 90.1 Å². The number of carbonyl (C=O) groups is 2. The van der Waals surface area contributed by atoms with Gasteiger partial charge in [0.25, 0.3) is 0 Å². The Labute approximate surface area is 211 Å². The number of hydrogen-bond acceptors (Lipinski definition) is 6. The average Bonchev–Trinajstić information content (AvgIpc) is 2.98. The summed E-state index contributed by atoms with van der Waals surface area (Å²) in [5.41, 5.74) is 3.87. The third kappa shape index (κ3) is 4.59. The molecule has 1 unspecified atom stereocenters. The number of ether oxygens (including phenoxy) is 2. The summed E-state index contributed by atoms with van der Waals surface area (Å²) in [6, 6.07) is 24.0. The minimum absolute atomic E-state index is 0.0518. The van der Waals surface area contributed by atoms with Crippen LogP contribution in [0, 0.1) is 5.41 Å². The first-order chi connectivity index (χ1) is 17.4. The fourth-order valence-corrected chi connectivity index (χ4v) is 5.23. The van der Waals surface area contributed by atoms with Crippen LogP contribution in [-0.4, -0.2) is 25.4 Å². The van der Waals surface area contributed by atoms with Crippen molar-refractivity contribution >= 4 is 23.1 Å². The maximum absolute atomic E-state index is 13.8. The van der Waals surface area contributed by atoms with Gasteiger partial charge in [-0.3, -0.25) is 4.79 Å². The molecule has 3 aromatic rings. The number of allylic oxidation sites excluding steroid dienone is 1. The van der Waals surface area contributed by atoms with E-state index in [1.807, 2.05) is 71.6 Å². The lowest BCUT2D eigenvalue weighted by atomic mass is 9.73. The standard InChI is InChI=1S/C30H30N2O4/c1-30(2)17-23-28(25(33)18-30)29(21-13-7-10-16-26(21)35-3)32(24-15-9-8-14-22(24)31-23)19-27(34)36-20-11-5-4-6-12-20/h4-16,29,31H,17-19H2,1-3H3. The van der Waals surface area contributed by atoms with E-state index in [-0.39, 0.29) is 17.7 Å². The van der Waals surface area contributed by atoms with Crippen molar-refractivity contribution in [2.24, 2.45) is 5.41 Å². The highest BCUT2D eigenvalue weighted by atomic mass is 16.5. The molecule has 1 aliphatic carbocycles. The number of para-hydroxylation sites is 4. The average molecular weight is 483 g/mol. The Morgan fingerprint density at radius 2 is 1.67 bits per heavy atom. The fraction of sp³-hybridized carbons (Fsp3) is 0.267. The van der Waals surface area contributed by atoms with Gasteiger partial charge in [0.2, 0.25) is 0 Å². The monoisotopic (exact) mass is 482 g/mol. The van der Waals surface area contributed by atoms with E-state index >= 15 is 0 Å². The molecule has 0 amide bonds. The quantitative estimate of drug-likeness (QED) is 0.360. The molecular formula is C30H30N2O4. The molecule has 0 fully saturated rings. The molecule has 0 spiro atoms. The van der Waals surface area contributed by atoms with Crippen molar-refractivity contribution in [1.29, 1.82) is 0 Å². The van der Waals surface area contributed by atoms with E-state index in [0.29, 0.717) is 23.5 Å². The lowest BCUT2D eigenvalue weighted by molar-refractivity contribution is -0.133. The van der Waals surface area contributed by atoms with Gasteiger partial charge in [0, 0.05) is 23.3 Å². The molecule has 184 valence electrons. The van der Waals surface area contributed by atoms with Gasteiger partial charge in [-0.05, 0) is 42.2 Å². The minimum atomic E-state index is -0.528. The molecule has 1 aliphatic heterocycles. The van der Waals surface area contributed by atoms with Crippen LogP contribution in [0.4, 0.5) is 11.4 Å². The smallest absolute Gasteiger partial charge is 0.330 e. The molecule has 0 aromatic heterocycles. The Balaban J connectivity index is 1.67. The van der Waals surface area contributed by atoms with Gasteiger partial charge in [0.15, 0.2) is 5.78 Å². The molecule has 1 N–H and O–H groups in total. The van der Waals surface area contributed by atoms with Crippen LogP contribution in [0.1, 0.15) is 38.3 Å². The molecule has 2 aliphatic rings. The zero-order chi connectivity index (χ0) is 25.3. The van der Waals surface area contributed by atoms with E-state index in [9.17, 15) is 9.59 Å².